The number of nitrogen functional groups attached to an aromatic ring is 1. The number of ether oxygens (including phenoxy) is 1. The van der Waals surface area contributed by atoms with Crippen LogP contribution in [0.4, 0.5) is 5.13 Å². The summed E-state index contributed by atoms with van der Waals surface area (Å²) in [6.45, 7) is 5.51. The minimum absolute atomic E-state index is 0.116. The molecule has 2 rings (SSSR count). The van der Waals surface area contributed by atoms with Crippen molar-refractivity contribution in [2.45, 2.75) is 25.1 Å². The molecule has 118 valence electrons. The van der Waals surface area contributed by atoms with Crippen LogP contribution in [-0.2, 0) is 4.74 Å². The highest BCUT2D eigenvalue weighted by molar-refractivity contribution is 8.01. The molecule has 2 aromatic heterocycles. The predicted octanol–water partition coefficient (Wildman–Crippen LogP) is 2.22. The number of nitrogens with two attached hydrogens (primary N) is 1. The first-order valence-electron chi connectivity index (χ1n) is 6.55. The molecular formula is C13H16N4O3S2. The molecule has 3 N–H and O–H groups in total. The molecule has 0 fully saturated rings. The third kappa shape index (κ3) is 3.47. The molecule has 0 aromatic carbocycles. The molecular weight excluding hydrogens is 324 g/mol. The molecule has 7 nitrogen and oxygen atoms in total. The Balaban J connectivity index is 2.13. The number of carbonyl (C=O) groups excluding carboxylic acids is 2. The van der Waals surface area contributed by atoms with Crippen LogP contribution in [-0.4, -0.2) is 39.3 Å². The van der Waals surface area contributed by atoms with Crippen LogP contribution in [0.2, 0.25) is 0 Å². The fraction of sp³-hybridized carbons (Fsp3) is 0.385. The quantitative estimate of drug-likeness (QED) is 0.471. The van der Waals surface area contributed by atoms with Crippen LogP contribution in [0.1, 0.15) is 39.0 Å². The Kier molecular flexibility index (Phi) is 5.19. The van der Waals surface area contributed by atoms with E-state index < -0.39 is 5.97 Å². The number of hydrogen-bond acceptors (Lipinski definition) is 8. The SMILES string of the molecule is CCOC(=O)c1c(C)[nH]c(C(=O)CSc2nnc(N)s2)c1C. The van der Waals surface area contributed by atoms with Crippen molar-refractivity contribution < 1.29 is 14.3 Å². The van der Waals surface area contributed by atoms with E-state index in [0.717, 1.165) is 0 Å². The number of aromatic amines is 1. The molecule has 0 spiro atoms. The number of esters is 1. The molecule has 0 unspecified atom stereocenters. The number of Topliss-reactive ketones (excluding diaryl/α,β-unsaturated/α-hetero) is 1. The average molecular weight is 340 g/mol. The maximum Gasteiger partial charge on any atom is 0.340 e. The van der Waals surface area contributed by atoms with Crippen molar-refractivity contribution in [2.75, 3.05) is 18.1 Å². The smallest absolute Gasteiger partial charge is 0.340 e. The minimum Gasteiger partial charge on any atom is -0.462 e. The summed E-state index contributed by atoms with van der Waals surface area (Å²) in [7, 11) is 0. The van der Waals surface area contributed by atoms with Crippen LogP contribution in [0, 0.1) is 13.8 Å². The number of ketones is 1. The molecule has 9 heteroatoms. The fourth-order valence-corrected chi connectivity index (χ4v) is 3.52. The van der Waals surface area contributed by atoms with Crippen LogP contribution < -0.4 is 5.73 Å². The number of nitrogens with one attached hydrogen (secondary N) is 1. The number of rotatable bonds is 6. The lowest BCUT2D eigenvalue weighted by Gasteiger charge is -2.02. The van der Waals surface area contributed by atoms with Gasteiger partial charge in [0.15, 0.2) is 10.1 Å². The Bertz CT molecular complexity index is 708. The zero-order valence-corrected chi connectivity index (χ0v) is 14.1. The van der Waals surface area contributed by atoms with Crippen LogP contribution >= 0.6 is 23.1 Å². The van der Waals surface area contributed by atoms with Gasteiger partial charge < -0.3 is 15.5 Å². The number of anilines is 1. The van der Waals surface area contributed by atoms with Gasteiger partial charge in [-0.05, 0) is 26.3 Å². The minimum atomic E-state index is -0.419. The van der Waals surface area contributed by atoms with Gasteiger partial charge in [-0.25, -0.2) is 4.79 Å². The van der Waals surface area contributed by atoms with Crippen LogP contribution in [0.3, 0.4) is 0 Å². The summed E-state index contributed by atoms with van der Waals surface area (Å²) in [5, 5.41) is 7.91. The highest BCUT2D eigenvalue weighted by Crippen LogP contribution is 2.26. The summed E-state index contributed by atoms with van der Waals surface area (Å²) < 4.78 is 5.65. The van der Waals surface area contributed by atoms with Gasteiger partial charge in [-0.1, -0.05) is 23.1 Å². The first-order valence-corrected chi connectivity index (χ1v) is 8.35. The number of carbonyl (C=O) groups is 2. The zero-order chi connectivity index (χ0) is 16.3. The predicted molar refractivity (Wildman–Crippen MR) is 85.6 cm³/mol. The summed E-state index contributed by atoms with van der Waals surface area (Å²) in [4.78, 5) is 27.2. The van der Waals surface area contributed by atoms with Gasteiger partial charge >= 0.3 is 5.97 Å². The van der Waals surface area contributed by atoms with Gasteiger partial charge in [0.1, 0.15) is 0 Å². The number of nitrogens with zero attached hydrogens (tertiary/aromatic N) is 2. The topological polar surface area (TPSA) is 111 Å². The summed E-state index contributed by atoms with van der Waals surface area (Å²) >= 11 is 2.50. The number of hydrogen-bond donors (Lipinski definition) is 2. The molecule has 0 bridgehead atoms. The Morgan fingerprint density at radius 3 is 2.68 bits per heavy atom. The first kappa shape index (κ1) is 16.5. The van der Waals surface area contributed by atoms with E-state index in [-0.39, 0.29) is 11.5 Å². The lowest BCUT2D eigenvalue weighted by atomic mass is 10.1. The molecule has 0 radical (unpaired) electrons. The van der Waals surface area contributed by atoms with Crippen molar-refractivity contribution in [3.63, 3.8) is 0 Å². The standard InChI is InChI=1S/C13H16N4O3S2/c1-4-20-11(19)9-6(2)10(15-7(9)3)8(18)5-21-13-17-16-12(14)22-13/h15H,4-5H2,1-3H3,(H2,14,16). The van der Waals surface area contributed by atoms with E-state index >= 15 is 0 Å². The molecule has 0 aliphatic rings. The van der Waals surface area contributed by atoms with Crippen molar-refractivity contribution in [3.05, 3.63) is 22.5 Å². The Morgan fingerprint density at radius 2 is 2.09 bits per heavy atom. The van der Waals surface area contributed by atoms with Gasteiger partial charge in [0.05, 0.1) is 23.6 Å². The molecule has 0 aliphatic carbocycles. The average Bonchev–Trinajstić information content (AvgIpc) is 3.00. The Morgan fingerprint density at radius 1 is 1.36 bits per heavy atom. The molecule has 0 saturated heterocycles. The molecule has 22 heavy (non-hydrogen) atoms. The fourth-order valence-electron chi connectivity index (χ4n) is 2.02. The normalized spacial score (nSPS) is 10.7. The summed E-state index contributed by atoms with van der Waals surface area (Å²) in [6, 6.07) is 0. The van der Waals surface area contributed by atoms with E-state index in [2.05, 4.69) is 15.2 Å². The maximum absolute atomic E-state index is 12.3. The van der Waals surface area contributed by atoms with Crippen molar-refractivity contribution >= 4 is 40.0 Å². The van der Waals surface area contributed by atoms with Crippen molar-refractivity contribution in [1.29, 1.82) is 0 Å². The Hall–Kier alpha value is -1.87. The van der Waals surface area contributed by atoms with Crippen LogP contribution in [0.15, 0.2) is 4.34 Å². The van der Waals surface area contributed by atoms with E-state index in [9.17, 15) is 9.59 Å². The lowest BCUT2D eigenvalue weighted by molar-refractivity contribution is 0.0525. The molecule has 0 atom stereocenters. The van der Waals surface area contributed by atoms with Crippen LogP contribution in [0.25, 0.3) is 0 Å². The van der Waals surface area contributed by atoms with Gasteiger partial charge in [-0.2, -0.15) is 0 Å². The number of H-pyrrole nitrogens is 1. The van der Waals surface area contributed by atoms with Crippen molar-refractivity contribution in [1.82, 2.24) is 15.2 Å². The third-order valence-electron chi connectivity index (χ3n) is 2.94. The van der Waals surface area contributed by atoms with E-state index in [4.69, 9.17) is 10.5 Å². The maximum atomic E-state index is 12.3. The molecule has 0 aliphatic heterocycles. The summed E-state index contributed by atoms with van der Waals surface area (Å²) in [5.74, 6) is -0.343. The van der Waals surface area contributed by atoms with Gasteiger partial charge in [-0.3, -0.25) is 4.79 Å². The number of thioether (sulfide) groups is 1. The third-order valence-corrected chi connectivity index (χ3v) is 4.83. The van der Waals surface area contributed by atoms with Gasteiger partial charge in [0, 0.05) is 5.69 Å². The Labute approximate surface area is 135 Å². The highest BCUT2D eigenvalue weighted by atomic mass is 32.2. The zero-order valence-electron chi connectivity index (χ0n) is 12.4. The summed E-state index contributed by atoms with van der Waals surface area (Å²) in [5.41, 5.74) is 7.58. The highest BCUT2D eigenvalue weighted by Gasteiger charge is 2.23. The molecule has 2 heterocycles. The molecule has 0 saturated carbocycles. The van der Waals surface area contributed by atoms with Crippen molar-refractivity contribution in [2.24, 2.45) is 0 Å². The molecule has 0 amide bonds. The van der Waals surface area contributed by atoms with Crippen LogP contribution in [0.5, 0.6) is 0 Å². The van der Waals surface area contributed by atoms with Gasteiger partial charge in [0.2, 0.25) is 5.13 Å². The number of aryl methyl sites for hydroxylation is 1. The largest absolute Gasteiger partial charge is 0.462 e. The second-order valence-electron chi connectivity index (χ2n) is 4.46. The second kappa shape index (κ2) is 6.93. The van der Waals surface area contributed by atoms with Crippen molar-refractivity contribution in [3.8, 4) is 0 Å². The van der Waals surface area contributed by atoms with E-state index in [0.29, 0.717) is 38.6 Å². The lowest BCUT2D eigenvalue weighted by Crippen LogP contribution is -2.08. The number of aromatic nitrogens is 3. The first-order chi connectivity index (χ1) is 10.4. The molecule has 2 aromatic rings. The van der Waals surface area contributed by atoms with Gasteiger partial charge in [0.25, 0.3) is 0 Å². The monoisotopic (exact) mass is 340 g/mol. The van der Waals surface area contributed by atoms with E-state index in [1.165, 1.54) is 23.1 Å². The van der Waals surface area contributed by atoms with E-state index in [1.54, 1.807) is 20.8 Å². The second-order valence-corrected chi connectivity index (χ2v) is 6.70. The van der Waals surface area contributed by atoms with Gasteiger partial charge in [-0.15, -0.1) is 10.2 Å². The summed E-state index contributed by atoms with van der Waals surface area (Å²) in [6.07, 6.45) is 0. The van der Waals surface area contributed by atoms with E-state index in [1.807, 2.05) is 0 Å².